The van der Waals surface area contributed by atoms with Gasteiger partial charge in [-0.25, -0.2) is 0 Å². The van der Waals surface area contributed by atoms with Crippen LogP contribution in [0.3, 0.4) is 0 Å². The molecular formula is C16H17ClN2O. The van der Waals surface area contributed by atoms with E-state index >= 15 is 0 Å². The van der Waals surface area contributed by atoms with E-state index in [2.05, 4.69) is 22.3 Å². The summed E-state index contributed by atoms with van der Waals surface area (Å²) in [6, 6.07) is 11.7. The number of rotatable bonds is 3. The van der Waals surface area contributed by atoms with Crippen molar-refractivity contribution in [2.75, 3.05) is 0 Å². The molecule has 0 N–H and O–H groups in total. The van der Waals surface area contributed by atoms with Crippen molar-refractivity contribution >= 4 is 11.6 Å². The van der Waals surface area contributed by atoms with E-state index in [0.717, 1.165) is 5.75 Å². The number of hydrogen-bond acceptors (Lipinski definition) is 3. The van der Waals surface area contributed by atoms with Gasteiger partial charge in [-0.15, -0.1) is 10.2 Å². The maximum atomic E-state index is 5.89. The van der Waals surface area contributed by atoms with Crippen molar-refractivity contribution in [3.63, 3.8) is 0 Å². The van der Waals surface area contributed by atoms with Crippen molar-refractivity contribution in [1.29, 1.82) is 0 Å². The second-order valence-electron chi connectivity index (χ2n) is 5.17. The van der Waals surface area contributed by atoms with Gasteiger partial charge >= 0.3 is 0 Å². The highest BCUT2D eigenvalue weighted by Gasteiger charge is 2.19. The molecule has 0 spiro atoms. The summed E-state index contributed by atoms with van der Waals surface area (Å²) in [7, 11) is 0. The smallest absolute Gasteiger partial charge is 0.238 e. The van der Waals surface area contributed by atoms with Gasteiger partial charge < -0.3 is 4.74 Å². The van der Waals surface area contributed by atoms with Gasteiger partial charge in [0.2, 0.25) is 5.88 Å². The second-order valence-corrected chi connectivity index (χ2v) is 5.56. The van der Waals surface area contributed by atoms with E-state index in [4.69, 9.17) is 16.3 Å². The van der Waals surface area contributed by atoms with Crippen molar-refractivity contribution in [1.82, 2.24) is 10.2 Å². The summed E-state index contributed by atoms with van der Waals surface area (Å²) in [5.74, 6) is 1.97. The summed E-state index contributed by atoms with van der Waals surface area (Å²) in [6.07, 6.45) is 6.45. The molecule has 0 aliphatic heterocycles. The Balaban J connectivity index is 1.83. The lowest BCUT2D eigenvalue weighted by atomic mass is 9.84. The summed E-state index contributed by atoms with van der Waals surface area (Å²) >= 11 is 5.74. The Morgan fingerprint density at radius 3 is 2.50 bits per heavy atom. The van der Waals surface area contributed by atoms with Crippen LogP contribution < -0.4 is 4.74 Å². The molecule has 0 atom stereocenters. The summed E-state index contributed by atoms with van der Waals surface area (Å²) in [5, 5.41) is 8.14. The Kier molecular flexibility index (Phi) is 4.16. The van der Waals surface area contributed by atoms with E-state index < -0.39 is 0 Å². The van der Waals surface area contributed by atoms with Gasteiger partial charge in [0.1, 0.15) is 5.75 Å². The predicted molar refractivity (Wildman–Crippen MR) is 79.4 cm³/mol. The van der Waals surface area contributed by atoms with Gasteiger partial charge in [0, 0.05) is 6.07 Å². The maximum absolute atomic E-state index is 5.89. The van der Waals surface area contributed by atoms with Gasteiger partial charge in [0.05, 0.1) is 0 Å². The predicted octanol–water partition coefficient (Wildman–Crippen LogP) is 4.97. The fraction of sp³-hybridized carbons (Fsp3) is 0.375. The second kappa shape index (κ2) is 6.23. The Hall–Kier alpha value is -1.61. The molecule has 2 aromatic rings. The zero-order valence-electron chi connectivity index (χ0n) is 11.3. The Labute approximate surface area is 123 Å². The molecule has 0 radical (unpaired) electrons. The molecule has 1 aliphatic rings. The fourth-order valence-electron chi connectivity index (χ4n) is 2.80. The van der Waals surface area contributed by atoms with Crippen molar-refractivity contribution in [2.45, 2.75) is 38.0 Å². The van der Waals surface area contributed by atoms with E-state index in [1.807, 2.05) is 12.1 Å². The maximum Gasteiger partial charge on any atom is 0.238 e. The van der Waals surface area contributed by atoms with Gasteiger partial charge in [0.25, 0.3) is 0 Å². The van der Waals surface area contributed by atoms with Crippen LogP contribution in [0.2, 0.25) is 5.15 Å². The first kappa shape index (κ1) is 13.4. The lowest BCUT2D eigenvalue weighted by Crippen LogP contribution is -2.06. The van der Waals surface area contributed by atoms with E-state index in [1.165, 1.54) is 37.7 Å². The summed E-state index contributed by atoms with van der Waals surface area (Å²) in [5.41, 5.74) is 1.28. The minimum Gasteiger partial charge on any atom is -0.437 e. The molecular weight excluding hydrogens is 272 g/mol. The fourth-order valence-corrected chi connectivity index (χ4v) is 2.90. The molecule has 1 aromatic heterocycles. The third kappa shape index (κ3) is 3.10. The molecule has 0 saturated heterocycles. The topological polar surface area (TPSA) is 35.0 Å². The van der Waals surface area contributed by atoms with Crippen molar-refractivity contribution in [3.8, 4) is 11.6 Å². The standard InChI is InChI=1S/C16H17ClN2O/c17-15-10-11-16(19-18-15)20-14-9-5-4-8-13(14)12-6-2-1-3-7-12/h4-5,8-12H,1-3,6-7H2. The van der Waals surface area contributed by atoms with Crippen molar-refractivity contribution in [3.05, 3.63) is 47.1 Å². The van der Waals surface area contributed by atoms with Crippen LogP contribution >= 0.6 is 11.6 Å². The molecule has 3 rings (SSSR count). The lowest BCUT2D eigenvalue weighted by molar-refractivity contribution is 0.410. The van der Waals surface area contributed by atoms with Gasteiger partial charge in [-0.1, -0.05) is 49.1 Å². The van der Waals surface area contributed by atoms with Crippen LogP contribution in [0, 0.1) is 0 Å². The van der Waals surface area contributed by atoms with Gasteiger partial charge in [-0.3, -0.25) is 0 Å². The number of aromatic nitrogens is 2. The van der Waals surface area contributed by atoms with Crippen LogP contribution in [0.25, 0.3) is 0 Å². The molecule has 0 amide bonds. The van der Waals surface area contributed by atoms with Crippen LogP contribution in [0.1, 0.15) is 43.6 Å². The largest absolute Gasteiger partial charge is 0.437 e. The molecule has 20 heavy (non-hydrogen) atoms. The normalized spacial score (nSPS) is 16.1. The highest BCUT2D eigenvalue weighted by Crippen LogP contribution is 2.38. The first-order chi connectivity index (χ1) is 9.83. The van der Waals surface area contributed by atoms with Crippen molar-refractivity contribution in [2.24, 2.45) is 0 Å². The molecule has 1 fully saturated rings. The highest BCUT2D eigenvalue weighted by molar-refractivity contribution is 6.29. The van der Waals surface area contributed by atoms with Crippen LogP contribution in [0.4, 0.5) is 0 Å². The third-order valence-electron chi connectivity index (χ3n) is 3.79. The summed E-state index contributed by atoms with van der Waals surface area (Å²) in [6.45, 7) is 0. The number of nitrogens with zero attached hydrogens (tertiary/aromatic N) is 2. The first-order valence-electron chi connectivity index (χ1n) is 7.09. The molecule has 0 unspecified atom stereocenters. The van der Waals surface area contributed by atoms with Crippen molar-refractivity contribution < 1.29 is 4.74 Å². The van der Waals surface area contributed by atoms with Gasteiger partial charge in [0.15, 0.2) is 5.15 Å². The molecule has 104 valence electrons. The number of benzene rings is 1. The Bertz CT molecular complexity index is 565. The molecule has 1 saturated carbocycles. The highest BCUT2D eigenvalue weighted by atomic mass is 35.5. The van der Waals surface area contributed by atoms with Gasteiger partial charge in [-0.2, -0.15) is 0 Å². The van der Waals surface area contributed by atoms with Crippen LogP contribution in [0.5, 0.6) is 11.6 Å². The summed E-state index contributed by atoms with van der Waals surface area (Å²) < 4.78 is 5.89. The van der Waals surface area contributed by atoms with Crippen LogP contribution in [-0.4, -0.2) is 10.2 Å². The molecule has 0 bridgehead atoms. The average Bonchev–Trinajstić information content (AvgIpc) is 2.51. The summed E-state index contributed by atoms with van der Waals surface area (Å²) in [4.78, 5) is 0. The minimum absolute atomic E-state index is 0.373. The van der Waals surface area contributed by atoms with Crippen LogP contribution in [0.15, 0.2) is 36.4 Å². The van der Waals surface area contributed by atoms with E-state index in [9.17, 15) is 0 Å². The molecule has 4 heteroatoms. The quantitative estimate of drug-likeness (QED) is 0.800. The number of ether oxygens (including phenoxy) is 1. The average molecular weight is 289 g/mol. The minimum atomic E-state index is 0.373. The number of hydrogen-bond donors (Lipinski definition) is 0. The van der Waals surface area contributed by atoms with E-state index in [-0.39, 0.29) is 0 Å². The zero-order chi connectivity index (χ0) is 13.8. The number of para-hydroxylation sites is 1. The Morgan fingerprint density at radius 2 is 1.75 bits per heavy atom. The molecule has 1 aromatic carbocycles. The first-order valence-corrected chi connectivity index (χ1v) is 7.47. The number of halogens is 1. The van der Waals surface area contributed by atoms with Crippen LogP contribution in [-0.2, 0) is 0 Å². The van der Waals surface area contributed by atoms with E-state index in [1.54, 1.807) is 12.1 Å². The van der Waals surface area contributed by atoms with Gasteiger partial charge in [-0.05, 0) is 36.5 Å². The monoisotopic (exact) mass is 288 g/mol. The molecule has 3 nitrogen and oxygen atoms in total. The molecule has 1 heterocycles. The SMILES string of the molecule is Clc1ccc(Oc2ccccc2C2CCCCC2)nn1. The molecule has 1 aliphatic carbocycles. The van der Waals surface area contributed by atoms with E-state index in [0.29, 0.717) is 17.0 Å². The zero-order valence-corrected chi connectivity index (χ0v) is 12.0. The Morgan fingerprint density at radius 1 is 0.950 bits per heavy atom. The third-order valence-corrected chi connectivity index (χ3v) is 3.99. The lowest BCUT2D eigenvalue weighted by Gasteiger charge is -2.23.